The summed E-state index contributed by atoms with van der Waals surface area (Å²) < 4.78 is 135. The van der Waals surface area contributed by atoms with Crippen LogP contribution in [0.4, 0.5) is 39.5 Å². The highest BCUT2D eigenvalue weighted by Gasteiger charge is 2.51. The van der Waals surface area contributed by atoms with Crippen molar-refractivity contribution < 1.29 is 53.7 Å². The zero-order valence-corrected chi connectivity index (χ0v) is 15.4. The summed E-state index contributed by atoms with van der Waals surface area (Å²) in [6.07, 6.45) is -17.4. The van der Waals surface area contributed by atoms with Crippen molar-refractivity contribution in [2.45, 2.75) is 18.5 Å². The molecule has 2 aromatic rings. The minimum absolute atomic E-state index is 0.0451. The second-order valence-electron chi connectivity index (χ2n) is 5.82. The van der Waals surface area contributed by atoms with Crippen LogP contribution >= 0.6 is 0 Å². The van der Waals surface area contributed by atoms with Crippen LogP contribution in [0.3, 0.4) is 0 Å². The number of halogens is 9. The van der Waals surface area contributed by atoms with E-state index in [0.717, 1.165) is 26.4 Å². The SMILES string of the molecule is COc1cc(-c2ccc(C(F)(F)F)c(C(F)(F)F)c2C(F)(F)F)cc(OC)c1OC. The summed E-state index contributed by atoms with van der Waals surface area (Å²) >= 11 is 0. The summed E-state index contributed by atoms with van der Waals surface area (Å²) in [5.41, 5.74) is -9.40. The largest absolute Gasteiger partial charge is 0.493 e. The molecule has 3 nitrogen and oxygen atoms in total. The second-order valence-corrected chi connectivity index (χ2v) is 5.82. The van der Waals surface area contributed by atoms with Gasteiger partial charge >= 0.3 is 18.5 Å². The van der Waals surface area contributed by atoms with Crippen LogP contribution in [0.1, 0.15) is 16.7 Å². The lowest BCUT2D eigenvalue weighted by molar-refractivity contribution is -0.174. The molecule has 12 heteroatoms. The summed E-state index contributed by atoms with van der Waals surface area (Å²) in [5.74, 6) is -0.470. The average molecular weight is 448 g/mol. The van der Waals surface area contributed by atoms with E-state index in [1.807, 2.05) is 0 Å². The average Bonchev–Trinajstić information content (AvgIpc) is 2.63. The molecule has 0 aromatic heterocycles. The van der Waals surface area contributed by atoms with Gasteiger partial charge in [-0.3, -0.25) is 0 Å². The van der Waals surface area contributed by atoms with E-state index in [2.05, 4.69) is 0 Å². The van der Waals surface area contributed by atoms with Crippen LogP contribution in [0.25, 0.3) is 11.1 Å². The maximum Gasteiger partial charge on any atom is 0.417 e. The first kappa shape index (κ1) is 23.5. The van der Waals surface area contributed by atoms with Gasteiger partial charge in [0.05, 0.1) is 38.0 Å². The fourth-order valence-electron chi connectivity index (χ4n) is 2.90. The zero-order valence-electron chi connectivity index (χ0n) is 15.4. The molecule has 2 aromatic carbocycles. The number of methoxy groups -OCH3 is 3. The van der Waals surface area contributed by atoms with Crippen LogP contribution in [-0.2, 0) is 18.5 Å². The van der Waals surface area contributed by atoms with Gasteiger partial charge in [0.15, 0.2) is 11.5 Å². The van der Waals surface area contributed by atoms with Gasteiger partial charge in [-0.2, -0.15) is 39.5 Å². The monoisotopic (exact) mass is 448 g/mol. The van der Waals surface area contributed by atoms with Gasteiger partial charge in [-0.25, -0.2) is 0 Å². The lowest BCUT2D eigenvalue weighted by Gasteiger charge is -2.24. The first-order valence-electron chi connectivity index (χ1n) is 7.85. The van der Waals surface area contributed by atoms with Gasteiger partial charge in [-0.1, -0.05) is 6.07 Å². The highest BCUT2D eigenvalue weighted by Crippen LogP contribution is 2.51. The Morgan fingerprint density at radius 1 is 0.600 bits per heavy atom. The van der Waals surface area contributed by atoms with Crippen molar-refractivity contribution in [1.29, 1.82) is 0 Å². The third kappa shape index (κ3) is 4.36. The fraction of sp³-hybridized carbons (Fsp3) is 0.333. The molecule has 0 unspecified atom stereocenters. The number of ether oxygens (including phenoxy) is 3. The van der Waals surface area contributed by atoms with E-state index in [9.17, 15) is 39.5 Å². The number of alkyl halides is 9. The Morgan fingerprint density at radius 2 is 1.07 bits per heavy atom. The van der Waals surface area contributed by atoms with Crippen molar-refractivity contribution in [3.63, 3.8) is 0 Å². The van der Waals surface area contributed by atoms with Crippen molar-refractivity contribution >= 4 is 0 Å². The predicted octanol–water partition coefficient (Wildman–Crippen LogP) is 6.44. The third-order valence-corrected chi connectivity index (χ3v) is 4.05. The molecule has 166 valence electrons. The lowest BCUT2D eigenvalue weighted by atomic mass is 9.90. The fourth-order valence-corrected chi connectivity index (χ4v) is 2.90. The molecule has 0 N–H and O–H groups in total. The Labute approximate surface area is 164 Å². The zero-order chi connectivity index (χ0) is 23.1. The molecule has 0 saturated carbocycles. The summed E-state index contributed by atoms with van der Waals surface area (Å²) in [6.45, 7) is 0. The van der Waals surface area contributed by atoms with Crippen molar-refractivity contribution in [3.05, 3.63) is 41.0 Å². The van der Waals surface area contributed by atoms with Gasteiger partial charge < -0.3 is 14.2 Å². The number of hydrogen-bond donors (Lipinski definition) is 0. The van der Waals surface area contributed by atoms with Gasteiger partial charge in [0.2, 0.25) is 5.75 Å². The van der Waals surface area contributed by atoms with Crippen LogP contribution < -0.4 is 14.2 Å². The molecular formula is C18H13F9O3. The van der Waals surface area contributed by atoms with Crippen molar-refractivity contribution in [2.75, 3.05) is 21.3 Å². The van der Waals surface area contributed by atoms with E-state index in [1.54, 1.807) is 0 Å². The molecule has 0 atom stereocenters. The normalized spacial score (nSPS) is 12.7. The molecule has 0 spiro atoms. The maximum absolute atomic E-state index is 13.6. The molecule has 0 amide bonds. The van der Waals surface area contributed by atoms with Crippen LogP contribution in [-0.4, -0.2) is 21.3 Å². The summed E-state index contributed by atoms with van der Waals surface area (Å²) in [7, 11) is 3.40. The molecule has 0 aliphatic heterocycles. The highest BCUT2D eigenvalue weighted by molar-refractivity contribution is 5.76. The van der Waals surface area contributed by atoms with Gasteiger partial charge in [0, 0.05) is 0 Å². The first-order valence-corrected chi connectivity index (χ1v) is 7.85. The van der Waals surface area contributed by atoms with Crippen LogP contribution in [0, 0.1) is 0 Å². The molecule has 0 aliphatic rings. The smallest absolute Gasteiger partial charge is 0.417 e. The third-order valence-electron chi connectivity index (χ3n) is 4.05. The summed E-state index contributed by atoms with van der Waals surface area (Å²) in [5, 5.41) is 0. The molecular weight excluding hydrogens is 435 g/mol. The van der Waals surface area contributed by atoms with Gasteiger partial charge in [0.1, 0.15) is 0 Å². The minimum atomic E-state index is -5.94. The maximum atomic E-state index is 13.6. The quantitative estimate of drug-likeness (QED) is 0.505. The molecule has 2 rings (SSSR count). The van der Waals surface area contributed by atoms with E-state index < -0.39 is 46.3 Å². The number of rotatable bonds is 4. The van der Waals surface area contributed by atoms with Crippen molar-refractivity contribution in [3.8, 4) is 28.4 Å². The Bertz CT molecular complexity index is 903. The standard InChI is InChI=1S/C18H13F9O3/c1-28-11-6-8(7-12(29-2)15(11)30-3)9-4-5-10(16(19,20)21)14(18(25,26)27)13(9)17(22,23)24/h4-7H,1-3H3. The van der Waals surface area contributed by atoms with E-state index in [4.69, 9.17) is 14.2 Å². The first-order chi connectivity index (χ1) is 13.7. The van der Waals surface area contributed by atoms with Crippen LogP contribution in [0.15, 0.2) is 24.3 Å². The Balaban J connectivity index is 3.02. The van der Waals surface area contributed by atoms with E-state index in [-0.39, 0.29) is 23.3 Å². The molecule has 0 fully saturated rings. The number of hydrogen-bond acceptors (Lipinski definition) is 3. The molecule has 30 heavy (non-hydrogen) atoms. The topological polar surface area (TPSA) is 27.7 Å². The van der Waals surface area contributed by atoms with Crippen LogP contribution in [0.5, 0.6) is 17.2 Å². The van der Waals surface area contributed by atoms with Crippen LogP contribution in [0.2, 0.25) is 0 Å². The molecule has 0 bridgehead atoms. The predicted molar refractivity (Wildman–Crippen MR) is 86.5 cm³/mol. The lowest BCUT2D eigenvalue weighted by Crippen LogP contribution is -2.24. The van der Waals surface area contributed by atoms with Crippen molar-refractivity contribution in [2.24, 2.45) is 0 Å². The van der Waals surface area contributed by atoms with E-state index >= 15 is 0 Å². The Hall–Kier alpha value is -2.79. The Kier molecular flexibility index (Phi) is 6.11. The van der Waals surface area contributed by atoms with Gasteiger partial charge in [0.25, 0.3) is 0 Å². The summed E-state index contributed by atoms with van der Waals surface area (Å²) in [6, 6.07) is 2.08. The minimum Gasteiger partial charge on any atom is -0.493 e. The molecule has 0 radical (unpaired) electrons. The molecule has 0 heterocycles. The van der Waals surface area contributed by atoms with E-state index in [1.165, 1.54) is 7.11 Å². The van der Waals surface area contributed by atoms with Crippen molar-refractivity contribution in [1.82, 2.24) is 0 Å². The van der Waals surface area contributed by atoms with Gasteiger partial charge in [-0.15, -0.1) is 0 Å². The van der Waals surface area contributed by atoms with E-state index in [0.29, 0.717) is 6.07 Å². The second kappa shape index (κ2) is 7.80. The van der Waals surface area contributed by atoms with Gasteiger partial charge in [-0.05, 0) is 29.3 Å². The molecule has 0 aliphatic carbocycles. The number of benzene rings is 2. The Morgan fingerprint density at radius 3 is 1.40 bits per heavy atom. The highest BCUT2D eigenvalue weighted by atomic mass is 19.4. The summed E-state index contributed by atoms with van der Waals surface area (Å²) in [4.78, 5) is 0. The molecule has 0 saturated heterocycles.